The van der Waals surface area contributed by atoms with Gasteiger partial charge in [0.1, 0.15) is 0 Å². The number of hydrogen-bond acceptors (Lipinski definition) is 1. The molecule has 1 aliphatic rings. The van der Waals surface area contributed by atoms with Crippen LogP contribution in [-0.4, -0.2) is 18.6 Å². The van der Waals surface area contributed by atoms with Crippen molar-refractivity contribution in [3.8, 4) is 0 Å². The summed E-state index contributed by atoms with van der Waals surface area (Å²) in [6.45, 7) is 2.08. The lowest BCUT2D eigenvalue weighted by Gasteiger charge is -2.07. The second-order valence-corrected chi connectivity index (χ2v) is 4.72. The van der Waals surface area contributed by atoms with Gasteiger partial charge in [0.2, 0.25) is 0 Å². The van der Waals surface area contributed by atoms with E-state index in [4.69, 9.17) is 0 Å². The number of carbonyl (C=O) groups excluding carboxylic acids is 1. The van der Waals surface area contributed by atoms with Gasteiger partial charge < -0.3 is 5.32 Å². The third-order valence-corrected chi connectivity index (χ3v) is 3.21. The van der Waals surface area contributed by atoms with Gasteiger partial charge in [0.05, 0.1) is 0 Å². The van der Waals surface area contributed by atoms with Crippen LogP contribution in [0.3, 0.4) is 0 Å². The van der Waals surface area contributed by atoms with Gasteiger partial charge in [-0.1, -0.05) is 29.8 Å². The van der Waals surface area contributed by atoms with Gasteiger partial charge in [-0.2, -0.15) is 13.2 Å². The summed E-state index contributed by atoms with van der Waals surface area (Å²) in [6.07, 6.45) is -3.95. The Morgan fingerprint density at radius 2 is 1.94 bits per heavy atom. The van der Waals surface area contributed by atoms with Crippen molar-refractivity contribution in [2.45, 2.75) is 25.4 Å². The first-order valence-electron chi connectivity index (χ1n) is 5.79. The summed E-state index contributed by atoms with van der Waals surface area (Å²) in [4.78, 5) is 10.6. The fraction of sp³-hybridized carbons (Fsp3) is 0.462. The van der Waals surface area contributed by atoms with Gasteiger partial charge in [-0.05, 0) is 30.7 Å². The molecule has 1 aliphatic carbocycles. The van der Waals surface area contributed by atoms with Crippen LogP contribution in [0.1, 0.15) is 23.5 Å². The lowest BCUT2D eigenvalue weighted by atomic mass is 10.1. The van der Waals surface area contributed by atoms with Gasteiger partial charge >= 0.3 is 12.1 Å². The van der Waals surface area contributed by atoms with Crippen molar-refractivity contribution in [2.24, 2.45) is 5.92 Å². The van der Waals surface area contributed by atoms with Crippen molar-refractivity contribution in [2.75, 3.05) is 6.54 Å². The zero-order chi connectivity index (χ0) is 13.3. The lowest BCUT2D eigenvalue weighted by Crippen LogP contribution is -2.37. The SMILES string of the molecule is Cc1ccc(C2CC2CNC(=O)C(F)(F)F)cc1. The van der Waals surface area contributed by atoms with Crippen LogP contribution < -0.4 is 5.32 Å². The monoisotopic (exact) mass is 257 g/mol. The van der Waals surface area contributed by atoms with Gasteiger partial charge in [-0.25, -0.2) is 0 Å². The fourth-order valence-corrected chi connectivity index (χ4v) is 2.02. The molecule has 5 heteroatoms. The highest BCUT2D eigenvalue weighted by molar-refractivity contribution is 5.81. The molecule has 1 saturated carbocycles. The van der Waals surface area contributed by atoms with E-state index in [-0.39, 0.29) is 18.4 Å². The molecule has 1 N–H and O–H groups in total. The van der Waals surface area contributed by atoms with Gasteiger partial charge in [-0.15, -0.1) is 0 Å². The molecule has 0 aromatic heterocycles. The van der Waals surface area contributed by atoms with Crippen molar-refractivity contribution < 1.29 is 18.0 Å². The molecule has 2 atom stereocenters. The number of carbonyl (C=O) groups is 1. The molecule has 2 nitrogen and oxygen atoms in total. The smallest absolute Gasteiger partial charge is 0.348 e. The van der Waals surface area contributed by atoms with Gasteiger partial charge in [0.15, 0.2) is 0 Å². The van der Waals surface area contributed by atoms with Crippen LogP contribution in [0.25, 0.3) is 0 Å². The minimum atomic E-state index is -4.78. The fourth-order valence-electron chi connectivity index (χ4n) is 2.02. The first-order chi connectivity index (χ1) is 8.38. The zero-order valence-corrected chi connectivity index (χ0v) is 9.92. The minimum absolute atomic E-state index is 0.0941. The van der Waals surface area contributed by atoms with Crippen molar-refractivity contribution in [1.29, 1.82) is 0 Å². The minimum Gasteiger partial charge on any atom is -0.348 e. The van der Waals surface area contributed by atoms with Crippen molar-refractivity contribution >= 4 is 5.91 Å². The van der Waals surface area contributed by atoms with Crippen LogP contribution in [0.5, 0.6) is 0 Å². The Hall–Kier alpha value is -1.52. The summed E-state index contributed by atoms with van der Waals surface area (Å²) in [5.74, 6) is -1.45. The molecule has 18 heavy (non-hydrogen) atoms. The molecule has 0 aliphatic heterocycles. The number of halogens is 3. The average molecular weight is 257 g/mol. The predicted molar refractivity (Wildman–Crippen MR) is 61.1 cm³/mol. The lowest BCUT2D eigenvalue weighted by molar-refractivity contribution is -0.173. The molecule has 1 amide bonds. The topological polar surface area (TPSA) is 29.1 Å². The van der Waals surface area contributed by atoms with E-state index in [9.17, 15) is 18.0 Å². The normalized spacial score (nSPS) is 22.7. The van der Waals surface area contributed by atoms with Crippen LogP contribution in [0.4, 0.5) is 13.2 Å². The highest BCUT2D eigenvalue weighted by atomic mass is 19.4. The molecule has 1 aromatic rings. The predicted octanol–water partition coefficient (Wildman–Crippen LogP) is 2.78. The summed E-state index contributed by atoms with van der Waals surface area (Å²) in [7, 11) is 0. The Bertz CT molecular complexity index is 439. The number of aryl methyl sites for hydroxylation is 1. The van der Waals surface area contributed by atoms with Gasteiger partial charge in [0.25, 0.3) is 0 Å². The van der Waals surface area contributed by atoms with E-state index in [0.29, 0.717) is 0 Å². The maximum Gasteiger partial charge on any atom is 0.471 e. The standard InChI is InChI=1S/C13H14F3NO/c1-8-2-4-9(5-3-8)11-6-10(11)7-17-12(18)13(14,15)16/h2-5,10-11H,6-7H2,1H3,(H,17,18). The zero-order valence-electron chi connectivity index (χ0n) is 9.92. The molecule has 0 saturated heterocycles. The Morgan fingerprint density at radius 1 is 1.33 bits per heavy atom. The molecule has 0 heterocycles. The largest absolute Gasteiger partial charge is 0.471 e. The van der Waals surface area contributed by atoms with Crippen LogP contribution in [0, 0.1) is 12.8 Å². The summed E-state index contributed by atoms with van der Waals surface area (Å²) >= 11 is 0. The molecular formula is C13H14F3NO. The number of nitrogens with one attached hydrogen (secondary N) is 1. The Kier molecular flexibility index (Phi) is 3.32. The second kappa shape index (κ2) is 4.63. The molecule has 2 unspecified atom stereocenters. The van der Waals surface area contributed by atoms with E-state index < -0.39 is 12.1 Å². The number of benzene rings is 1. The molecule has 0 bridgehead atoms. The van der Waals surface area contributed by atoms with Gasteiger partial charge in [0, 0.05) is 6.54 Å². The van der Waals surface area contributed by atoms with Crippen LogP contribution in [-0.2, 0) is 4.79 Å². The Morgan fingerprint density at radius 3 is 2.50 bits per heavy atom. The number of amides is 1. The molecular weight excluding hydrogens is 243 g/mol. The molecule has 2 rings (SSSR count). The number of hydrogen-bond donors (Lipinski definition) is 1. The van der Waals surface area contributed by atoms with E-state index in [1.165, 1.54) is 0 Å². The number of rotatable bonds is 3. The Balaban J connectivity index is 1.82. The first-order valence-corrected chi connectivity index (χ1v) is 5.79. The van der Waals surface area contributed by atoms with Crippen LogP contribution in [0.15, 0.2) is 24.3 Å². The quantitative estimate of drug-likeness (QED) is 0.886. The summed E-state index contributed by atoms with van der Waals surface area (Å²) < 4.78 is 35.9. The molecule has 1 fully saturated rings. The molecule has 1 aromatic carbocycles. The maximum atomic E-state index is 12.0. The second-order valence-electron chi connectivity index (χ2n) is 4.72. The van der Waals surface area contributed by atoms with E-state index in [2.05, 4.69) is 0 Å². The van der Waals surface area contributed by atoms with E-state index in [1.807, 2.05) is 36.5 Å². The summed E-state index contributed by atoms with van der Waals surface area (Å²) in [5.41, 5.74) is 2.29. The Labute approximate surface area is 103 Å². The molecule has 0 spiro atoms. The summed E-state index contributed by atoms with van der Waals surface area (Å²) in [5, 5.41) is 1.93. The summed E-state index contributed by atoms with van der Waals surface area (Å²) in [6, 6.07) is 7.95. The first kappa shape index (κ1) is 12.9. The van der Waals surface area contributed by atoms with E-state index in [0.717, 1.165) is 17.5 Å². The van der Waals surface area contributed by atoms with E-state index in [1.54, 1.807) is 0 Å². The van der Waals surface area contributed by atoms with Gasteiger partial charge in [-0.3, -0.25) is 4.79 Å². The highest BCUT2D eigenvalue weighted by Crippen LogP contribution is 2.46. The highest BCUT2D eigenvalue weighted by Gasteiger charge is 2.42. The van der Waals surface area contributed by atoms with Crippen LogP contribution in [0.2, 0.25) is 0 Å². The van der Waals surface area contributed by atoms with Crippen molar-refractivity contribution in [1.82, 2.24) is 5.32 Å². The average Bonchev–Trinajstić information content (AvgIpc) is 3.05. The van der Waals surface area contributed by atoms with Crippen LogP contribution >= 0.6 is 0 Å². The maximum absolute atomic E-state index is 12.0. The molecule has 0 radical (unpaired) electrons. The molecule has 98 valence electrons. The number of alkyl halides is 3. The van der Waals surface area contributed by atoms with Crippen molar-refractivity contribution in [3.63, 3.8) is 0 Å². The third kappa shape index (κ3) is 3.03. The third-order valence-electron chi connectivity index (χ3n) is 3.21. The van der Waals surface area contributed by atoms with E-state index >= 15 is 0 Å². The van der Waals surface area contributed by atoms with Crippen molar-refractivity contribution in [3.05, 3.63) is 35.4 Å².